The van der Waals surface area contributed by atoms with Crippen LogP contribution in [0.3, 0.4) is 0 Å². The van der Waals surface area contributed by atoms with E-state index in [1.165, 1.54) is 19.3 Å². The van der Waals surface area contributed by atoms with Gasteiger partial charge in [0.05, 0.1) is 12.7 Å². The van der Waals surface area contributed by atoms with E-state index in [1.807, 2.05) is 42.5 Å². The number of methoxy groups -OCH3 is 1. The second kappa shape index (κ2) is 11.1. The van der Waals surface area contributed by atoms with Gasteiger partial charge in [-0.2, -0.15) is 0 Å². The molecule has 2 fully saturated rings. The Hall–Kier alpha value is -3.03. The third-order valence-corrected chi connectivity index (χ3v) is 6.83. The van der Waals surface area contributed by atoms with Crippen molar-refractivity contribution in [3.8, 4) is 22.8 Å². The largest absolute Gasteiger partial charge is 0.497 e. The molecule has 7 heteroatoms. The van der Waals surface area contributed by atoms with Crippen LogP contribution in [-0.2, 0) is 6.54 Å². The van der Waals surface area contributed by atoms with Gasteiger partial charge in [-0.3, -0.25) is 4.90 Å². The van der Waals surface area contributed by atoms with Gasteiger partial charge in [-0.15, -0.1) is 0 Å². The number of ether oxygens (including phenoxy) is 2. The number of hydrogen-bond acceptors (Lipinski definition) is 7. The lowest BCUT2D eigenvalue weighted by molar-refractivity contribution is 0.0626. The summed E-state index contributed by atoms with van der Waals surface area (Å²) < 4.78 is 17.0. The molecule has 0 bridgehead atoms. The van der Waals surface area contributed by atoms with E-state index in [0.717, 1.165) is 60.1 Å². The molecule has 1 aliphatic heterocycles. The quantitative estimate of drug-likeness (QED) is 0.428. The van der Waals surface area contributed by atoms with Crippen molar-refractivity contribution in [3.63, 3.8) is 0 Å². The van der Waals surface area contributed by atoms with Gasteiger partial charge in [-0.05, 0) is 56.4 Å². The minimum Gasteiger partial charge on any atom is -0.497 e. The van der Waals surface area contributed by atoms with E-state index in [4.69, 9.17) is 14.0 Å². The summed E-state index contributed by atoms with van der Waals surface area (Å²) in [4.78, 5) is 4.71. The number of aromatic nitrogens is 1. The Morgan fingerprint density at radius 2 is 1.74 bits per heavy atom. The summed E-state index contributed by atoms with van der Waals surface area (Å²) in [5.74, 6) is 2.39. The third-order valence-electron chi connectivity index (χ3n) is 6.83. The fraction of sp³-hybridized carbons (Fsp3) is 0.464. The van der Waals surface area contributed by atoms with E-state index >= 15 is 0 Å². The Bertz CT molecular complexity index is 1060. The molecule has 186 valence electrons. The number of anilines is 1. The van der Waals surface area contributed by atoms with Crippen molar-refractivity contribution in [3.05, 3.63) is 60.2 Å². The molecule has 7 nitrogen and oxygen atoms in total. The van der Waals surface area contributed by atoms with E-state index in [9.17, 15) is 5.11 Å². The van der Waals surface area contributed by atoms with Crippen molar-refractivity contribution >= 4 is 5.88 Å². The van der Waals surface area contributed by atoms with Crippen LogP contribution in [0.25, 0.3) is 11.3 Å². The van der Waals surface area contributed by atoms with Crippen LogP contribution < -0.4 is 14.4 Å². The molecule has 1 atom stereocenters. The lowest BCUT2D eigenvalue weighted by atomic mass is 10.1. The second-order valence-electron chi connectivity index (χ2n) is 9.53. The number of piperidine rings is 1. The molecular weight excluding hydrogens is 442 g/mol. The van der Waals surface area contributed by atoms with Crippen molar-refractivity contribution in [2.75, 3.05) is 38.3 Å². The average Bonchev–Trinajstić information content (AvgIpc) is 3.68. The normalized spacial score (nSPS) is 16.9. The molecule has 0 spiro atoms. The summed E-state index contributed by atoms with van der Waals surface area (Å²) in [6, 6.07) is 18.2. The SMILES string of the molecule is COc1ccc(OC[C@@H](O)CN(Cc2c(-c3ccccc3)noc2N2CCCCC2)C2CC2)cc1. The summed E-state index contributed by atoms with van der Waals surface area (Å²) in [5, 5.41) is 15.4. The number of aliphatic hydroxyl groups is 1. The van der Waals surface area contributed by atoms with Gasteiger partial charge in [0.25, 0.3) is 0 Å². The molecule has 2 aromatic carbocycles. The van der Waals surface area contributed by atoms with E-state index in [2.05, 4.69) is 27.1 Å². The summed E-state index contributed by atoms with van der Waals surface area (Å²) in [6.07, 6.45) is 5.31. The molecule has 35 heavy (non-hydrogen) atoms. The third kappa shape index (κ3) is 5.97. The van der Waals surface area contributed by atoms with Crippen LogP contribution in [0.15, 0.2) is 59.1 Å². The van der Waals surface area contributed by atoms with Crippen LogP contribution in [0.2, 0.25) is 0 Å². The molecule has 0 unspecified atom stereocenters. The highest BCUT2D eigenvalue weighted by Gasteiger charge is 2.33. The number of hydrogen-bond donors (Lipinski definition) is 1. The zero-order chi connectivity index (χ0) is 24.0. The fourth-order valence-electron chi connectivity index (χ4n) is 4.78. The first kappa shape index (κ1) is 23.7. The topological polar surface area (TPSA) is 71.2 Å². The lowest BCUT2D eigenvalue weighted by Crippen LogP contribution is -2.37. The van der Waals surface area contributed by atoms with Crippen LogP contribution >= 0.6 is 0 Å². The van der Waals surface area contributed by atoms with Crippen LogP contribution in [0.4, 0.5) is 5.88 Å². The minimum absolute atomic E-state index is 0.240. The van der Waals surface area contributed by atoms with Gasteiger partial charge >= 0.3 is 0 Å². The van der Waals surface area contributed by atoms with Gasteiger partial charge in [0.15, 0.2) is 0 Å². The predicted molar refractivity (Wildman–Crippen MR) is 136 cm³/mol. The van der Waals surface area contributed by atoms with Gasteiger partial charge < -0.3 is 24.0 Å². The van der Waals surface area contributed by atoms with E-state index in [-0.39, 0.29) is 6.61 Å². The van der Waals surface area contributed by atoms with E-state index in [0.29, 0.717) is 19.1 Å². The maximum Gasteiger partial charge on any atom is 0.232 e. The smallest absolute Gasteiger partial charge is 0.232 e. The molecular formula is C28H35N3O4. The first-order valence-corrected chi connectivity index (χ1v) is 12.7. The number of rotatable bonds is 11. The molecule has 2 aliphatic rings. The highest BCUT2D eigenvalue weighted by Crippen LogP contribution is 2.36. The van der Waals surface area contributed by atoms with Crippen molar-refractivity contribution in [1.29, 1.82) is 0 Å². The molecule has 2 heterocycles. The predicted octanol–water partition coefficient (Wildman–Crippen LogP) is 4.74. The molecule has 1 N–H and O–H groups in total. The summed E-state index contributed by atoms with van der Waals surface area (Å²) >= 11 is 0. The van der Waals surface area contributed by atoms with Crippen molar-refractivity contribution < 1.29 is 19.1 Å². The highest BCUT2D eigenvalue weighted by molar-refractivity contribution is 5.68. The molecule has 1 aliphatic carbocycles. The van der Waals surface area contributed by atoms with Gasteiger partial charge in [0, 0.05) is 37.8 Å². The van der Waals surface area contributed by atoms with Gasteiger partial charge in [0.2, 0.25) is 5.88 Å². The van der Waals surface area contributed by atoms with E-state index < -0.39 is 6.10 Å². The van der Waals surface area contributed by atoms with Gasteiger partial charge in [-0.1, -0.05) is 35.5 Å². The zero-order valence-corrected chi connectivity index (χ0v) is 20.4. The van der Waals surface area contributed by atoms with Crippen LogP contribution in [0, 0.1) is 0 Å². The first-order chi connectivity index (χ1) is 17.2. The van der Waals surface area contributed by atoms with Crippen molar-refractivity contribution in [1.82, 2.24) is 10.1 Å². The number of nitrogens with zero attached hydrogens (tertiary/aromatic N) is 3. The Morgan fingerprint density at radius 3 is 2.43 bits per heavy atom. The maximum atomic E-state index is 10.9. The maximum absolute atomic E-state index is 10.9. The Balaban J connectivity index is 1.31. The lowest BCUT2D eigenvalue weighted by Gasteiger charge is -2.29. The number of benzene rings is 2. The minimum atomic E-state index is -0.601. The standard InChI is InChI=1S/C28H35N3O4/c1-33-24-12-14-25(15-13-24)34-20-23(32)18-31(22-10-11-22)19-26-27(21-8-4-2-5-9-21)29-35-28(26)30-16-6-3-7-17-30/h2,4-5,8-9,12-15,22-23,32H,3,6-7,10-11,16-20H2,1H3/t23-/m0/s1. The fourth-order valence-corrected chi connectivity index (χ4v) is 4.78. The van der Waals surface area contributed by atoms with Crippen LogP contribution in [0.1, 0.15) is 37.7 Å². The van der Waals surface area contributed by atoms with Gasteiger partial charge in [0.1, 0.15) is 29.9 Å². The summed E-state index contributed by atoms with van der Waals surface area (Å²) in [5.41, 5.74) is 3.09. The molecule has 1 saturated heterocycles. The molecule has 3 aromatic rings. The molecule has 0 amide bonds. The van der Waals surface area contributed by atoms with E-state index in [1.54, 1.807) is 7.11 Å². The summed E-state index contributed by atoms with van der Waals surface area (Å²) in [6.45, 7) is 3.48. The zero-order valence-electron chi connectivity index (χ0n) is 20.4. The monoisotopic (exact) mass is 477 g/mol. The molecule has 5 rings (SSSR count). The highest BCUT2D eigenvalue weighted by atomic mass is 16.5. The second-order valence-corrected chi connectivity index (χ2v) is 9.53. The van der Waals surface area contributed by atoms with Crippen LogP contribution in [-0.4, -0.2) is 60.7 Å². The van der Waals surface area contributed by atoms with Crippen LogP contribution in [0.5, 0.6) is 11.5 Å². The Labute approximate surface area is 207 Å². The van der Waals surface area contributed by atoms with Crippen molar-refractivity contribution in [2.24, 2.45) is 0 Å². The Kier molecular flexibility index (Phi) is 7.54. The molecule has 1 saturated carbocycles. The average molecular weight is 478 g/mol. The van der Waals surface area contributed by atoms with Gasteiger partial charge in [-0.25, -0.2) is 0 Å². The Morgan fingerprint density at radius 1 is 1.03 bits per heavy atom. The van der Waals surface area contributed by atoms with Crippen molar-refractivity contribution in [2.45, 2.75) is 50.8 Å². The summed E-state index contributed by atoms with van der Waals surface area (Å²) in [7, 11) is 1.64. The first-order valence-electron chi connectivity index (χ1n) is 12.7. The number of aliphatic hydroxyl groups excluding tert-OH is 1. The molecule has 1 aromatic heterocycles. The molecule has 0 radical (unpaired) electrons.